The maximum absolute atomic E-state index is 6.55. The van der Waals surface area contributed by atoms with Gasteiger partial charge in [-0.3, -0.25) is 0 Å². The second-order valence-electron chi connectivity index (χ2n) is 11.4. The lowest BCUT2D eigenvalue weighted by Crippen LogP contribution is -2.10. The maximum Gasteiger partial charge on any atom is 0.143 e. The highest BCUT2D eigenvalue weighted by atomic mass is 32.1. The average molecular weight is 582 g/mol. The van der Waals surface area contributed by atoms with Crippen molar-refractivity contribution in [1.82, 2.24) is 0 Å². The van der Waals surface area contributed by atoms with Crippen molar-refractivity contribution in [2.24, 2.45) is 0 Å². The van der Waals surface area contributed by atoms with Crippen molar-refractivity contribution in [3.63, 3.8) is 0 Å². The summed E-state index contributed by atoms with van der Waals surface area (Å²) < 4.78 is 9.15. The summed E-state index contributed by atoms with van der Waals surface area (Å²) in [7, 11) is 0. The van der Waals surface area contributed by atoms with Crippen LogP contribution in [0.5, 0.6) is 0 Å². The zero-order valence-electron chi connectivity index (χ0n) is 24.1. The summed E-state index contributed by atoms with van der Waals surface area (Å²) in [5.41, 5.74) is 8.82. The molecule has 9 aromatic rings. The Labute approximate surface area is 259 Å². The van der Waals surface area contributed by atoms with E-state index in [1.54, 1.807) is 0 Å². The molecule has 0 aliphatic rings. The van der Waals surface area contributed by atoms with Gasteiger partial charge in [-0.25, -0.2) is 0 Å². The Hall–Kier alpha value is -5.38. The summed E-state index contributed by atoms with van der Waals surface area (Å²) in [6.07, 6.45) is 0. The Morgan fingerprint density at radius 1 is 0.500 bits per heavy atom. The molecule has 0 N–H and O–H groups in total. The maximum atomic E-state index is 6.55. The standard InChI is InChI=1S/C41H27NOS/c1-26-11-9-19-37-40(26)35-25-36(31-16-5-6-18-33(31)41(35)43-37)42(29-15-10-14-28(23-29)27-12-3-2-4-13-27)30-21-22-39-34(24-30)32-17-7-8-20-38(32)44-39/h2-25H,1H3. The number of fused-ring (bicyclic) bond motifs is 8. The van der Waals surface area contributed by atoms with E-state index in [1.165, 1.54) is 42.2 Å². The fourth-order valence-electron chi connectivity index (χ4n) is 6.73. The number of benzene rings is 7. The van der Waals surface area contributed by atoms with Crippen molar-refractivity contribution < 1.29 is 4.42 Å². The normalized spacial score (nSPS) is 11.8. The van der Waals surface area contributed by atoms with Crippen LogP contribution in [0.4, 0.5) is 17.1 Å². The van der Waals surface area contributed by atoms with E-state index < -0.39 is 0 Å². The van der Waals surface area contributed by atoms with Gasteiger partial charge < -0.3 is 9.32 Å². The molecule has 2 nitrogen and oxygen atoms in total. The van der Waals surface area contributed by atoms with Crippen LogP contribution < -0.4 is 4.90 Å². The molecule has 0 unspecified atom stereocenters. The summed E-state index contributed by atoms with van der Waals surface area (Å²) in [5, 5.41) is 7.15. The van der Waals surface area contributed by atoms with E-state index in [0.29, 0.717) is 0 Å². The third-order valence-electron chi connectivity index (χ3n) is 8.76. The predicted molar refractivity (Wildman–Crippen MR) is 189 cm³/mol. The minimum atomic E-state index is 0.922. The SMILES string of the molecule is Cc1cccc2oc3c4ccccc4c(N(c4cccc(-c5ccccc5)c4)c4ccc5sc6ccccc6c5c4)cc3c12. The molecule has 0 spiro atoms. The smallest absolute Gasteiger partial charge is 0.143 e. The summed E-state index contributed by atoms with van der Waals surface area (Å²) in [6.45, 7) is 2.17. The molecule has 0 atom stereocenters. The van der Waals surface area contributed by atoms with Crippen molar-refractivity contribution in [2.45, 2.75) is 6.92 Å². The highest BCUT2D eigenvalue weighted by molar-refractivity contribution is 7.25. The van der Waals surface area contributed by atoms with E-state index in [-0.39, 0.29) is 0 Å². The topological polar surface area (TPSA) is 16.4 Å². The molecule has 0 saturated carbocycles. The third kappa shape index (κ3) is 3.87. The molecule has 0 fully saturated rings. The van der Waals surface area contributed by atoms with Gasteiger partial charge in [0.1, 0.15) is 11.2 Å². The lowest BCUT2D eigenvalue weighted by Gasteiger charge is -2.28. The molecule has 9 rings (SSSR count). The Kier molecular flexibility index (Phi) is 5.62. The quantitative estimate of drug-likeness (QED) is 0.206. The Morgan fingerprint density at radius 3 is 2.09 bits per heavy atom. The van der Waals surface area contributed by atoms with Crippen LogP contribution >= 0.6 is 11.3 Å². The van der Waals surface area contributed by atoms with E-state index >= 15 is 0 Å². The predicted octanol–water partition coefficient (Wildman–Crippen LogP) is 12.6. The molecule has 0 aliphatic heterocycles. The van der Waals surface area contributed by atoms with Crippen LogP contribution in [0.2, 0.25) is 0 Å². The number of nitrogens with zero attached hydrogens (tertiary/aromatic N) is 1. The molecule has 0 radical (unpaired) electrons. The van der Waals surface area contributed by atoms with Gasteiger partial charge in [0, 0.05) is 53.1 Å². The molecule has 44 heavy (non-hydrogen) atoms. The van der Waals surface area contributed by atoms with Crippen LogP contribution in [0.15, 0.2) is 150 Å². The lowest BCUT2D eigenvalue weighted by atomic mass is 9.99. The van der Waals surface area contributed by atoms with Gasteiger partial charge in [-0.05, 0) is 72.1 Å². The monoisotopic (exact) mass is 581 g/mol. The minimum Gasteiger partial charge on any atom is -0.455 e. The molecule has 3 heteroatoms. The van der Waals surface area contributed by atoms with Gasteiger partial charge in [0.05, 0.1) is 5.69 Å². The van der Waals surface area contributed by atoms with Gasteiger partial charge >= 0.3 is 0 Å². The van der Waals surface area contributed by atoms with Crippen molar-refractivity contribution in [3.05, 3.63) is 151 Å². The molecule has 0 bridgehead atoms. The number of thiophene rings is 1. The first-order chi connectivity index (χ1) is 21.7. The second-order valence-corrected chi connectivity index (χ2v) is 12.5. The van der Waals surface area contributed by atoms with Crippen LogP contribution in [-0.2, 0) is 0 Å². The summed E-state index contributed by atoms with van der Waals surface area (Å²) in [4.78, 5) is 2.43. The van der Waals surface area contributed by atoms with Crippen LogP contribution in [0.1, 0.15) is 5.56 Å². The van der Waals surface area contributed by atoms with Crippen LogP contribution in [0, 0.1) is 6.92 Å². The van der Waals surface area contributed by atoms with Crippen molar-refractivity contribution in [1.29, 1.82) is 0 Å². The summed E-state index contributed by atoms with van der Waals surface area (Å²) in [6, 6.07) is 52.4. The van der Waals surface area contributed by atoms with E-state index in [0.717, 1.165) is 44.4 Å². The summed E-state index contributed by atoms with van der Waals surface area (Å²) in [5.74, 6) is 0. The van der Waals surface area contributed by atoms with Crippen molar-refractivity contribution >= 4 is 81.3 Å². The Balaban J connectivity index is 1.38. The zero-order chi connectivity index (χ0) is 29.2. The van der Waals surface area contributed by atoms with E-state index in [2.05, 4.69) is 157 Å². The van der Waals surface area contributed by atoms with E-state index in [4.69, 9.17) is 4.42 Å². The van der Waals surface area contributed by atoms with Gasteiger partial charge in [0.2, 0.25) is 0 Å². The Bertz CT molecular complexity index is 2520. The van der Waals surface area contributed by atoms with Crippen LogP contribution in [0.25, 0.3) is 64.0 Å². The first-order valence-corrected chi connectivity index (χ1v) is 15.7. The van der Waals surface area contributed by atoms with Crippen molar-refractivity contribution in [3.8, 4) is 11.1 Å². The Morgan fingerprint density at radius 2 is 1.20 bits per heavy atom. The number of hydrogen-bond acceptors (Lipinski definition) is 3. The summed E-state index contributed by atoms with van der Waals surface area (Å²) >= 11 is 1.85. The van der Waals surface area contributed by atoms with Gasteiger partial charge in [-0.1, -0.05) is 97.1 Å². The molecule has 0 aliphatic carbocycles. The van der Waals surface area contributed by atoms with Crippen molar-refractivity contribution in [2.75, 3.05) is 4.90 Å². The number of hydrogen-bond donors (Lipinski definition) is 0. The molecular formula is C41H27NOS. The van der Waals surface area contributed by atoms with Gasteiger partial charge in [0.15, 0.2) is 0 Å². The lowest BCUT2D eigenvalue weighted by molar-refractivity contribution is 0.672. The average Bonchev–Trinajstić information content (AvgIpc) is 3.65. The molecule has 0 amide bonds. The largest absolute Gasteiger partial charge is 0.455 e. The molecular weight excluding hydrogens is 555 g/mol. The highest BCUT2D eigenvalue weighted by Gasteiger charge is 2.22. The van der Waals surface area contributed by atoms with E-state index in [1.807, 2.05) is 11.3 Å². The fourth-order valence-corrected chi connectivity index (χ4v) is 7.81. The third-order valence-corrected chi connectivity index (χ3v) is 9.91. The first-order valence-electron chi connectivity index (χ1n) is 14.9. The minimum absolute atomic E-state index is 0.922. The second kappa shape index (κ2) is 9.84. The highest BCUT2D eigenvalue weighted by Crippen LogP contribution is 2.47. The molecule has 2 heterocycles. The molecule has 208 valence electrons. The number of rotatable bonds is 4. The van der Waals surface area contributed by atoms with E-state index in [9.17, 15) is 0 Å². The zero-order valence-corrected chi connectivity index (χ0v) is 24.9. The van der Waals surface area contributed by atoms with Gasteiger partial charge in [0.25, 0.3) is 0 Å². The fraction of sp³-hybridized carbons (Fsp3) is 0.0244. The van der Waals surface area contributed by atoms with Crippen LogP contribution in [-0.4, -0.2) is 0 Å². The first kappa shape index (κ1) is 25.1. The van der Waals surface area contributed by atoms with Gasteiger partial charge in [-0.2, -0.15) is 0 Å². The van der Waals surface area contributed by atoms with Crippen LogP contribution in [0.3, 0.4) is 0 Å². The molecule has 0 saturated heterocycles. The number of anilines is 3. The molecule has 2 aromatic heterocycles. The molecule has 7 aromatic carbocycles. The van der Waals surface area contributed by atoms with Gasteiger partial charge in [-0.15, -0.1) is 11.3 Å². The number of furan rings is 1. The number of aryl methyl sites for hydroxylation is 1.